The molecule has 2 amide bonds. The van der Waals surface area contributed by atoms with Crippen LogP contribution in [0.5, 0.6) is 0 Å². The Labute approximate surface area is 198 Å². The van der Waals surface area contributed by atoms with E-state index in [1.807, 2.05) is 36.4 Å². The van der Waals surface area contributed by atoms with Crippen LogP contribution in [0.25, 0.3) is 11.1 Å². The smallest absolute Gasteiger partial charge is 0.407 e. The van der Waals surface area contributed by atoms with Crippen LogP contribution in [0.15, 0.2) is 60.7 Å². The molecule has 1 saturated heterocycles. The Bertz CT molecular complexity index is 1090. The van der Waals surface area contributed by atoms with Gasteiger partial charge in [0.1, 0.15) is 6.61 Å². The van der Waals surface area contributed by atoms with Crippen molar-refractivity contribution < 1.29 is 24.2 Å². The van der Waals surface area contributed by atoms with Crippen LogP contribution in [0.2, 0.25) is 0 Å². The number of allylic oxidation sites excluding steroid dienone is 1. The molecular weight excluding hydrogens is 432 g/mol. The second-order valence-electron chi connectivity index (χ2n) is 9.38. The normalized spacial score (nSPS) is 21.4. The molecule has 5 rings (SSSR count). The molecule has 0 radical (unpaired) electrons. The van der Waals surface area contributed by atoms with Crippen molar-refractivity contribution in [1.82, 2.24) is 10.2 Å². The van der Waals surface area contributed by atoms with E-state index in [2.05, 4.69) is 29.6 Å². The standard InChI is InChI=1S/C27H28N2O5/c30-25(31)12-17-14-29(15-17)26(32)18-6-5-7-19(13-18)28-27(33)34-16-24-22-10-3-1-8-20(22)21-9-2-4-11-23(21)24/h1-5,7-11,17-19,24H,6,12-16H2,(H,28,33)(H,30,31)/t18-,19-/m1/s1. The fourth-order valence-corrected chi connectivity index (χ4v) is 5.37. The predicted octanol–water partition coefficient (Wildman–Crippen LogP) is 3.79. The maximum atomic E-state index is 12.8. The van der Waals surface area contributed by atoms with Gasteiger partial charge in [0.15, 0.2) is 0 Å². The van der Waals surface area contributed by atoms with Gasteiger partial charge >= 0.3 is 12.1 Å². The third-order valence-corrected chi connectivity index (χ3v) is 7.06. The lowest BCUT2D eigenvalue weighted by molar-refractivity contribution is -0.147. The summed E-state index contributed by atoms with van der Waals surface area (Å²) in [7, 11) is 0. The van der Waals surface area contributed by atoms with Crippen LogP contribution in [0.4, 0.5) is 4.79 Å². The fourth-order valence-electron chi connectivity index (χ4n) is 5.37. The number of nitrogens with zero attached hydrogens (tertiary/aromatic N) is 1. The summed E-state index contributed by atoms with van der Waals surface area (Å²) >= 11 is 0. The van der Waals surface area contributed by atoms with E-state index in [9.17, 15) is 14.4 Å². The van der Waals surface area contributed by atoms with Crippen LogP contribution in [-0.2, 0) is 14.3 Å². The molecule has 3 aliphatic rings. The van der Waals surface area contributed by atoms with E-state index >= 15 is 0 Å². The Hall–Kier alpha value is -3.61. The first kappa shape index (κ1) is 22.2. The number of carbonyl (C=O) groups is 3. The van der Waals surface area contributed by atoms with Gasteiger partial charge in [0.2, 0.25) is 5.91 Å². The topological polar surface area (TPSA) is 95.9 Å². The molecule has 0 unspecified atom stereocenters. The van der Waals surface area contributed by atoms with Gasteiger partial charge < -0.3 is 20.1 Å². The number of alkyl carbamates (subject to hydrolysis) is 1. The zero-order valence-corrected chi connectivity index (χ0v) is 18.9. The molecule has 176 valence electrons. The zero-order valence-electron chi connectivity index (χ0n) is 18.9. The number of ether oxygens (including phenoxy) is 1. The molecule has 2 aromatic carbocycles. The van der Waals surface area contributed by atoms with E-state index in [-0.39, 0.29) is 42.7 Å². The molecular formula is C27H28N2O5. The highest BCUT2D eigenvalue weighted by atomic mass is 16.5. The minimum Gasteiger partial charge on any atom is -0.481 e. The molecule has 2 aromatic rings. The number of fused-ring (bicyclic) bond motifs is 3. The summed E-state index contributed by atoms with van der Waals surface area (Å²) < 4.78 is 5.63. The zero-order chi connectivity index (χ0) is 23.7. The number of likely N-dealkylation sites (tertiary alicyclic amines) is 1. The Kier molecular flexibility index (Phi) is 6.09. The molecule has 1 aliphatic heterocycles. The molecule has 7 nitrogen and oxygen atoms in total. The summed E-state index contributed by atoms with van der Waals surface area (Å²) in [5.74, 6) is -0.972. The number of aliphatic carboxylic acids is 1. The molecule has 7 heteroatoms. The minimum atomic E-state index is -0.829. The first-order valence-corrected chi connectivity index (χ1v) is 11.8. The molecule has 0 aromatic heterocycles. The monoisotopic (exact) mass is 460 g/mol. The maximum Gasteiger partial charge on any atom is 0.407 e. The highest BCUT2D eigenvalue weighted by Crippen LogP contribution is 2.44. The van der Waals surface area contributed by atoms with Crippen molar-refractivity contribution >= 4 is 18.0 Å². The van der Waals surface area contributed by atoms with Crippen LogP contribution in [0.3, 0.4) is 0 Å². The number of nitrogens with one attached hydrogen (secondary N) is 1. The number of carbonyl (C=O) groups excluding carboxylic acids is 2. The molecule has 0 spiro atoms. The van der Waals surface area contributed by atoms with Crippen molar-refractivity contribution in [2.24, 2.45) is 11.8 Å². The van der Waals surface area contributed by atoms with Crippen molar-refractivity contribution in [2.75, 3.05) is 19.7 Å². The molecule has 1 fully saturated rings. The van der Waals surface area contributed by atoms with E-state index in [1.165, 1.54) is 11.1 Å². The van der Waals surface area contributed by atoms with Crippen LogP contribution >= 0.6 is 0 Å². The van der Waals surface area contributed by atoms with Gasteiger partial charge in [-0.15, -0.1) is 0 Å². The van der Waals surface area contributed by atoms with Gasteiger partial charge in [-0.1, -0.05) is 60.7 Å². The largest absolute Gasteiger partial charge is 0.481 e. The second kappa shape index (κ2) is 9.33. The van der Waals surface area contributed by atoms with Crippen LogP contribution in [0, 0.1) is 11.8 Å². The summed E-state index contributed by atoms with van der Waals surface area (Å²) in [6.07, 6.45) is 4.58. The van der Waals surface area contributed by atoms with Gasteiger partial charge in [-0.05, 0) is 35.1 Å². The summed E-state index contributed by atoms with van der Waals surface area (Å²) in [6, 6.07) is 16.1. The van der Waals surface area contributed by atoms with E-state index in [0.29, 0.717) is 25.9 Å². The summed E-state index contributed by atoms with van der Waals surface area (Å²) in [5, 5.41) is 11.8. The lowest BCUT2D eigenvalue weighted by Crippen LogP contribution is -2.53. The van der Waals surface area contributed by atoms with E-state index in [4.69, 9.17) is 9.84 Å². The van der Waals surface area contributed by atoms with Crippen LogP contribution in [-0.4, -0.2) is 53.7 Å². The van der Waals surface area contributed by atoms with E-state index in [0.717, 1.165) is 11.1 Å². The van der Waals surface area contributed by atoms with Crippen molar-refractivity contribution in [1.29, 1.82) is 0 Å². The highest BCUT2D eigenvalue weighted by molar-refractivity contribution is 5.81. The molecule has 0 saturated carbocycles. The van der Waals surface area contributed by atoms with Crippen molar-refractivity contribution in [3.05, 3.63) is 71.8 Å². The third kappa shape index (κ3) is 4.42. The van der Waals surface area contributed by atoms with Crippen molar-refractivity contribution in [2.45, 2.75) is 31.2 Å². The first-order valence-electron chi connectivity index (χ1n) is 11.8. The van der Waals surface area contributed by atoms with E-state index in [1.54, 1.807) is 4.90 Å². The molecule has 2 aliphatic carbocycles. The van der Waals surface area contributed by atoms with Crippen molar-refractivity contribution in [3.63, 3.8) is 0 Å². The summed E-state index contributed by atoms with van der Waals surface area (Å²) in [4.78, 5) is 37.9. The lowest BCUT2D eigenvalue weighted by Gasteiger charge is -2.41. The van der Waals surface area contributed by atoms with Gasteiger partial charge in [0.05, 0.1) is 12.5 Å². The molecule has 0 bridgehead atoms. The maximum absolute atomic E-state index is 12.8. The lowest BCUT2D eigenvalue weighted by atomic mass is 9.87. The number of hydrogen-bond donors (Lipinski definition) is 2. The first-order chi connectivity index (χ1) is 16.5. The Balaban J connectivity index is 1.14. The third-order valence-electron chi connectivity index (χ3n) is 7.06. The quantitative estimate of drug-likeness (QED) is 0.640. The Morgan fingerprint density at radius 2 is 1.65 bits per heavy atom. The number of rotatable bonds is 6. The predicted molar refractivity (Wildman–Crippen MR) is 126 cm³/mol. The van der Waals surface area contributed by atoms with E-state index < -0.39 is 12.1 Å². The summed E-state index contributed by atoms with van der Waals surface area (Å²) in [5.41, 5.74) is 4.69. The Morgan fingerprint density at radius 1 is 1.00 bits per heavy atom. The fraction of sp³-hybridized carbons (Fsp3) is 0.370. The summed E-state index contributed by atoms with van der Waals surface area (Å²) in [6.45, 7) is 1.24. The Morgan fingerprint density at radius 3 is 2.29 bits per heavy atom. The molecule has 1 heterocycles. The average Bonchev–Trinajstić information content (AvgIpc) is 3.13. The van der Waals surface area contributed by atoms with Gasteiger partial charge in [-0.2, -0.15) is 0 Å². The van der Waals surface area contributed by atoms with Gasteiger partial charge in [-0.3, -0.25) is 9.59 Å². The van der Waals surface area contributed by atoms with Crippen LogP contribution < -0.4 is 5.32 Å². The minimum absolute atomic E-state index is 0.000427. The number of hydrogen-bond acceptors (Lipinski definition) is 4. The van der Waals surface area contributed by atoms with Crippen molar-refractivity contribution in [3.8, 4) is 11.1 Å². The molecule has 34 heavy (non-hydrogen) atoms. The second-order valence-corrected chi connectivity index (χ2v) is 9.38. The molecule has 2 N–H and O–H groups in total. The number of carboxylic acid groups (broad SMARTS) is 1. The number of amides is 2. The van der Waals surface area contributed by atoms with Gasteiger partial charge in [0.25, 0.3) is 0 Å². The average molecular weight is 461 g/mol. The van der Waals surface area contributed by atoms with Gasteiger partial charge in [0, 0.05) is 30.8 Å². The SMILES string of the molecule is O=C(O)CC1CN(C(=O)[C@@H]2CC=C[C@@H](NC(=O)OCC3c4ccccc4-c4ccccc43)C2)C1. The molecule has 2 atom stereocenters. The van der Waals surface area contributed by atoms with Gasteiger partial charge in [-0.25, -0.2) is 4.79 Å². The van der Waals surface area contributed by atoms with Crippen LogP contribution in [0.1, 0.15) is 36.3 Å². The number of benzene rings is 2. The number of carboxylic acids is 1. The highest BCUT2D eigenvalue weighted by Gasteiger charge is 2.37.